The molecule has 8 nitrogen and oxygen atoms in total. The normalized spacial score (nSPS) is 16.6. The summed E-state index contributed by atoms with van der Waals surface area (Å²) in [5.41, 5.74) is 2.96. The van der Waals surface area contributed by atoms with E-state index < -0.39 is 4.92 Å². The fourth-order valence-corrected chi connectivity index (χ4v) is 1.79. The summed E-state index contributed by atoms with van der Waals surface area (Å²) in [5.74, 6) is 0.130. The number of nitrogens with one attached hydrogen (secondary N) is 2. The van der Waals surface area contributed by atoms with Gasteiger partial charge in [-0.25, -0.2) is 0 Å². The van der Waals surface area contributed by atoms with E-state index in [2.05, 4.69) is 15.8 Å². The van der Waals surface area contributed by atoms with Crippen molar-refractivity contribution in [3.05, 3.63) is 28.3 Å². The van der Waals surface area contributed by atoms with Crippen molar-refractivity contribution < 1.29 is 14.5 Å². The van der Waals surface area contributed by atoms with Gasteiger partial charge in [0.25, 0.3) is 11.6 Å². The Bertz CT molecular complexity index is 571. The van der Waals surface area contributed by atoms with Crippen LogP contribution in [0.2, 0.25) is 0 Å². The Kier molecular flexibility index (Phi) is 4.14. The molecule has 1 heterocycles. The maximum absolute atomic E-state index is 11.5. The molecule has 1 saturated heterocycles. The number of methoxy groups -OCH3 is 1. The summed E-state index contributed by atoms with van der Waals surface area (Å²) in [6.07, 6.45) is 1.35. The largest absolute Gasteiger partial charge is 0.496 e. The number of benzene rings is 1. The lowest BCUT2D eigenvalue weighted by atomic mass is 10.1. The van der Waals surface area contributed by atoms with Crippen LogP contribution in [0.15, 0.2) is 23.3 Å². The van der Waals surface area contributed by atoms with Crippen LogP contribution in [0, 0.1) is 10.1 Å². The van der Waals surface area contributed by atoms with Crippen molar-refractivity contribution in [2.24, 2.45) is 5.10 Å². The Morgan fingerprint density at radius 1 is 1.50 bits per heavy atom. The highest BCUT2D eigenvalue weighted by Gasteiger charge is 2.18. The van der Waals surface area contributed by atoms with E-state index in [-0.39, 0.29) is 17.3 Å². The van der Waals surface area contributed by atoms with Crippen molar-refractivity contribution >= 4 is 23.0 Å². The molecule has 1 aliphatic heterocycles. The van der Waals surface area contributed by atoms with Crippen molar-refractivity contribution in [1.29, 1.82) is 0 Å². The lowest BCUT2D eigenvalue weighted by Crippen LogP contribution is -2.37. The van der Waals surface area contributed by atoms with Crippen LogP contribution in [-0.4, -0.2) is 30.2 Å². The van der Waals surface area contributed by atoms with Gasteiger partial charge in [-0.2, -0.15) is 5.10 Å². The summed E-state index contributed by atoms with van der Waals surface area (Å²) in [5, 5.41) is 17.6. The van der Waals surface area contributed by atoms with Gasteiger partial charge in [-0.3, -0.25) is 20.3 Å². The highest BCUT2D eigenvalue weighted by Crippen LogP contribution is 2.28. The van der Waals surface area contributed by atoms with Crippen LogP contribution >= 0.6 is 0 Å². The maximum Gasteiger partial charge on any atom is 0.297 e. The number of piperidine rings is 1. The number of hydrogen-bond acceptors (Lipinski definition) is 6. The van der Waals surface area contributed by atoms with Gasteiger partial charge in [0, 0.05) is 6.54 Å². The van der Waals surface area contributed by atoms with Crippen LogP contribution in [-0.2, 0) is 4.79 Å². The van der Waals surface area contributed by atoms with Gasteiger partial charge >= 0.3 is 0 Å². The summed E-state index contributed by atoms with van der Waals surface area (Å²) >= 11 is 0. The average Bonchev–Trinajstić information content (AvgIpc) is 2.46. The fraction of sp³-hybridized carbons (Fsp3) is 0.333. The number of nitro groups is 1. The lowest BCUT2D eigenvalue weighted by molar-refractivity contribution is -0.384. The molecule has 1 amide bonds. The molecule has 1 aromatic rings. The van der Waals surface area contributed by atoms with Crippen LogP contribution in [0.5, 0.6) is 5.75 Å². The third-order valence-corrected chi connectivity index (χ3v) is 2.85. The number of carbonyl (C=O) groups is 1. The van der Waals surface area contributed by atoms with Gasteiger partial charge in [0.2, 0.25) is 0 Å². The fourth-order valence-electron chi connectivity index (χ4n) is 1.79. The number of hydrogen-bond donors (Lipinski definition) is 2. The van der Waals surface area contributed by atoms with Gasteiger partial charge in [-0.1, -0.05) is 0 Å². The Morgan fingerprint density at radius 2 is 2.30 bits per heavy atom. The lowest BCUT2D eigenvalue weighted by Gasteiger charge is -2.13. The first-order valence-electron chi connectivity index (χ1n) is 6.05. The Balaban J connectivity index is 2.22. The molecule has 0 radical (unpaired) electrons. The van der Waals surface area contributed by atoms with Gasteiger partial charge in [0.1, 0.15) is 17.1 Å². The first-order valence-corrected chi connectivity index (χ1v) is 6.05. The minimum absolute atomic E-state index is 0.162. The maximum atomic E-state index is 11.5. The van der Waals surface area contributed by atoms with E-state index in [4.69, 9.17) is 4.74 Å². The topological polar surface area (TPSA) is 106 Å². The van der Waals surface area contributed by atoms with E-state index in [1.807, 2.05) is 0 Å². The molecule has 106 valence electrons. The summed E-state index contributed by atoms with van der Waals surface area (Å²) in [6.45, 7) is 0.626. The van der Waals surface area contributed by atoms with Crippen LogP contribution in [0.4, 0.5) is 11.4 Å². The number of amides is 1. The first-order chi connectivity index (χ1) is 9.61. The van der Waals surface area contributed by atoms with Gasteiger partial charge in [-0.15, -0.1) is 0 Å². The Labute approximate surface area is 115 Å². The zero-order valence-corrected chi connectivity index (χ0v) is 10.9. The SMILES string of the molecule is COc1ccc(NN=C2CCCNC2=O)c([N+](=O)[O-])c1. The molecule has 0 unspecified atom stereocenters. The molecular formula is C12H14N4O4. The molecule has 0 aromatic heterocycles. The predicted octanol–water partition coefficient (Wildman–Crippen LogP) is 1.28. The zero-order chi connectivity index (χ0) is 14.5. The summed E-state index contributed by atoms with van der Waals surface area (Å²) < 4.78 is 4.94. The molecule has 0 spiro atoms. The third-order valence-electron chi connectivity index (χ3n) is 2.85. The second-order valence-corrected chi connectivity index (χ2v) is 4.17. The van der Waals surface area contributed by atoms with E-state index in [9.17, 15) is 14.9 Å². The first kappa shape index (κ1) is 13.8. The molecule has 0 atom stereocenters. The van der Waals surface area contributed by atoms with E-state index in [0.717, 1.165) is 6.42 Å². The van der Waals surface area contributed by atoms with Gasteiger partial charge in [0.05, 0.1) is 18.1 Å². The van der Waals surface area contributed by atoms with Gasteiger partial charge in [-0.05, 0) is 25.0 Å². The van der Waals surface area contributed by atoms with Crippen molar-refractivity contribution in [3.63, 3.8) is 0 Å². The molecule has 1 aromatic carbocycles. The molecule has 8 heteroatoms. The highest BCUT2D eigenvalue weighted by atomic mass is 16.6. The highest BCUT2D eigenvalue weighted by molar-refractivity contribution is 6.39. The number of nitrogens with zero attached hydrogens (tertiary/aromatic N) is 2. The Morgan fingerprint density at radius 3 is 2.95 bits per heavy atom. The molecule has 0 aliphatic carbocycles. The Hall–Kier alpha value is -2.64. The number of ether oxygens (including phenoxy) is 1. The second kappa shape index (κ2) is 6.00. The van der Waals surface area contributed by atoms with Crippen LogP contribution < -0.4 is 15.5 Å². The minimum atomic E-state index is -0.536. The molecular weight excluding hydrogens is 264 g/mol. The predicted molar refractivity (Wildman–Crippen MR) is 72.9 cm³/mol. The van der Waals surface area contributed by atoms with E-state index in [1.165, 1.54) is 19.2 Å². The zero-order valence-electron chi connectivity index (χ0n) is 10.9. The van der Waals surface area contributed by atoms with Crippen molar-refractivity contribution in [2.75, 3.05) is 19.1 Å². The molecule has 20 heavy (non-hydrogen) atoms. The number of hydrazone groups is 1. The molecule has 2 rings (SSSR count). The summed E-state index contributed by atoms with van der Waals surface area (Å²) in [4.78, 5) is 22.0. The van der Waals surface area contributed by atoms with E-state index in [1.54, 1.807) is 6.07 Å². The van der Waals surface area contributed by atoms with Crippen LogP contribution in [0.25, 0.3) is 0 Å². The molecule has 0 bridgehead atoms. The number of nitro benzene ring substituents is 1. The van der Waals surface area contributed by atoms with Crippen molar-refractivity contribution in [2.45, 2.75) is 12.8 Å². The standard InChI is InChI=1S/C12H14N4O4/c1-20-8-4-5-9(11(7-8)16(18)19)14-15-10-3-2-6-13-12(10)17/h4-5,7,14H,2-3,6H2,1H3,(H,13,17). The molecule has 0 saturated carbocycles. The van der Waals surface area contributed by atoms with Gasteiger partial charge < -0.3 is 10.1 Å². The average molecular weight is 278 g/mol. The van der Waals surface area contributed by atoms with Crippen molar-refractivity contribution in [1.82, 2.24) is 5.32 Å². The smallest absolute Gasteiger partial charge is 0.297 e. The molecule has 1 aliphatic rings. The summed E-state index contributed by atoms with van der Waals surface area (Å²) in [6, 6.07) is 4.36. The minimum Gasteiger partial charge on any atom is -0.496 e. The van der Waals surface area contributed by atoms with Crippen molar-refractivity contribution in [3.8, 4) is 5.75 Å². The molecule has 2 N–H and O–H groups in total. The molecule has 1 fully saturated rings. The van der Waals surface area contributed by atoms with E-state index in [0.29, 0.717) is 24.4 Å². The van der Waals surface area contributed by atoms with Crippen LogP contribution in [0.3, 0.4) is 0 Å². The summed E-state index contributed by atoms with van der Waals surface area (Å²) in [7, 11) is 1.43. The van der Waals surface area contributed by atoms with Crippen LogP contribution in [0.1, 0.15) is 12.8 Å². The number of rotatable bonds is 4. The quantitative estimate of drug-likeness (QED) is 0.637. The van der Waals surface area contributed by atoms with E-state index >= 15 is 0 Å². The monoisotopic (exact) mass is 278 g/mol. The number of carbonyl (C=O) groups excluding carboxylic acids is 1. The second-order valence-electron chi connectivity index (χ2n) is 4.17. The third kappa shape index (κ3) is 3.02. The van der Waals surface area contributed by atoms with Gasteiger partial charge in [0.15, 0.2) is 0 Å². The number of anilines is 1.